The van der Waals surface area contributed by atoms with E-state index < -0.39 is 36.3 Å². The van der Waals surface area contributed by atoms with E-state index >= 15 is 0 Å². The third-order valence-corrected chi connectivity index (χ3v) is 9.70. The normalized spacial score (nSPS) is 22.5. The van der Waals surface area contributed by atoms with Crippen LogP contribution in [0.3, 0.4) is 0 Å². The fraction of sp³-hybridized carbons (Fsp3) is 0.600. The van der Waals surface area contributed by atoms with Crippen molar-refractivity contribution < 1.29 is 39.2 Å². The van der Waals surface area contributed by atoms with E-state index in [9.17, 15) is 34.5 Å². The number of rotatable bonds is 16. The second-order valence-electron chi connectivity index (χ2n) is 11.0. The number of fused-ring (bicyclic) bond motifs is 1. The van der Waals surface area contributed by atoms with Crippen molar-refractivity contribution in [3.63, 3.8) is 0 Å². The summed E-state index contributed by atoms with van der Waals surface area (Å²) < 4.78 is 10.9. The molecule has 0 aromatic carbocycles. The van der Waals surface area contributed by atoms with Crippen LogP contribution in [-0.4, -0.2) is 75.6 Å². The number of anilines is 1. The van der Waals surface area contributed by atoms with Gasteiger partial charge in [-0.25, -0.2) is 4.79 Å². The smallest absolute Gasteiger partial charge is 0.330 e. The van der Waals surface area contributed by atoms with Gasteiger partial charge in [-0.15, -0.1) is 0 Å². The molecule has 1 amide bonds. The summed E-state index contributed by atoms with van der Waals surface area (Å²) in [5, 5.41) is 36.3. The molecule has 3 aliphatic rings. The quantitative estimate of drug-likeness (QED) is 0.0604. The second kappa shape index (κ2) is 17.0. The maximum Gasteiger partial charge on any atom is 0.330 e. The van der Waals surface area contributed by atoms with Gasteiger partial charge >= 0.3 is 5.97 Å². The predicted octanol–water partition coefficient (Wildman–Crippen LogP) is 3.64. The largest absolute Gasteiger partial charge is 0.463 e. The molecule has 5 N–H and O–H groups in total. The molecule has 11 nitrogen and oxygen atoms in total. The molecule has 0 aromatic heterocycles. The van der Waals surface area contributed by atoms with Crippen LogP contribution in [0.1, 0.15) is 65.7 Å². The van der Waals surface area contributed by atoms with Crippen molar-refractivity contribution in [3.8, 4) is 10.6 Å². The molecule has 3 rings (SSSR count). The Morgan fingerprint density at radius 2 is 1.88 bits per heavy atom. The molecule has 0 bridgehead atoms. The minimum atomic E-state index is -1.35. The standard InChI is InChI=1S/C30H42N2O9S2/c1-17(19(3)33)10-9-11-20-15-41-28(27(38)26(20)37)25(36)18(2)14-23(35)40-13-8-6-4-5-7-12-22(34)32-24-29-21(16-42-43-29)31-30(24)39/h9-10,14,16-17,20,25-28,36-38H,4-8,11-13,15H2,1-3H3,(H,31,39)(H,32,34)/b10-9+,18-14+/t17-,20+,25-,26-,27-,28+/m1/s1. The number of aromatic nitrogens is 1. The number of nitrogens with one attached hydrogen (secondary N) is 2. The van der Waals surface area contributed by atoms with Crippen LogP contribution in [0, 0.1) is 11.8 Å². The van der Waals surface area contributed by atoms with E-state index in [0.717, 1.165) is 35.9 Å². The summed E-state index contributed by atoms with van der Waals surface area (Å²) in [6, 6.07) is 0. The van der Waals surface area contributed by atoms with Crippen LogP contribution in [0.2, 0.25) is 0 Å². The minimum absolute atomic E-state index is 0.0324. The van der Waals surface area contributed by atoms with Gasteiger partial charge < -0.3 is 35.1 Å². The first-order valence-electron chi connectivity index (χ1n) is 14.6. The molecule has 1 fully saturated rings. The number of carbonyl (C=O) groups excluding carboxylic acids is 3. The molecule has 0 aromatic rings. The molecule has 0 radical (unpaired) electrons. The number of ether oxygens (including phenoxy) is 2. The maximum absolute atomic E-state index is 12.2. The van der Waals surface area contributed by atoms with Crippen molar-refractivity contribution in [2.75, 3.05) is 18.5 Å². The number of hydrogen-bond acceptors (Lipinski definition) is 11. The predicted molar refractivity (Wildman–Crippen MR) is 165 cm³/mol. The lowest BCUT2D eigenvalue weighted by Gasteiger charge is -2.39. The molecule has 13 heteroatoms. The van der Waals surface area contributed by atoms with E-state index in [1.165, 1.54) is 34.5 Å². The van der Waals surface area contributed by atoms with Gasteiger partial charge in [0.15, 0.2) is 0 Å². The lowest BCUT2D eigenvalue weighted by Crippen LogP contribution is -2.54. The van der Waals surface area contributed by atoms with Gasteiger partial charge in [0, 0.05) is 29.7 Å². The Balaban J connectivity index is 1.29. The molecule has 43 heavy (non-hydrogen) atoms. The molecule has 238 valence electrons. The van der Waals surface area contributed by atoms with E-state index in [0.29, 0.717) is 31.4 Å². The Kier molecular flexibility index (Phi) is 13.7. The van der Waals surface area contributed by atoms with Gasteiger partial charge in [-0.2, -0.15) is 0 Å². The van der Waals surface area contributed by atoms with Crippen molar-refractivity contribution in [2.24, 2.45) is 11.8 Å². The first kappa shape index (κ1) is 34.8. The van der Waals surface area contributed by atoms with Crippen LogP contribution in [-0.2, 0) is 23.9 Å². The summed E-state index contributed by atoms with van der Waals surface area (Å²) in [5.74, 6) is -1.41. The number of aliphatic hydroxyl groups is 3. The zero-order valence-electron chi connectivity index (χ0n) is 24.7. The highest BCUT2D eigenvalue weighted by atomic mass is 32.9. The number of hydrogen-bond donors (Lipinski definition) is 5. The van der Waals surface area contributed by atoms with Gasteiger partial charge in [0.2, 0.25) is 5.91 Å². The molecule has 3 aliphatic heterocycles. The molecule has 3 heterocycles. The lowest BCUT2D eigenvalue weighted by atomic mass is 9.86. The van der Waals surface area contributed by atoms with Crippen molar-refractivity contribution in [1.29, 1.82) is 0 Å². The topological polar surface area (TPSA) is 175 Å². The Morgan fingerprint density at radius 3 is 2.63 bits per heavy atom. The first-order chi connectivity index (χ1) is 20.5. The zero-order valence-corrected chi connectivity index (χ0v) is 26.4. The third kappa shape index (κ3) is 10.2. The summed E-state index contributed by atoms with van der Waals surface area (Å²) >= 11 is 0. The number of aliphatic hydroxyl groups excluding tert-OH is 3. The number of ketones is 1. The van der Waals surface area contributed by atoms with Crippen LogP contribution < -0.4 is 10.9 Å². The number of H-pyrrole nitrogens is 1. The van der Waals surface area contributed by atoms with Crippen LogP contribution in [0.25, 0.3) is 10.6 Å². The SMILES string of the molecule is CC(=O)[C@H](C)/C=C/C[C@H]1CO[C@@H]([C@H](O)/C(C)=C/C(=O)OCCCCCCCC(=O)Nc2c3sscc-3[nH]c2=O)[C@H](O)[C@@H]1O. The summed E-state index contributed by atoms with van der Waals surface area (Å²) in [4.78, 5) is 51.3. The highest BCUT2D eigenvalue weighted by Gasteiger charge is 2.41. The molecule has 6 atom stereocenters. The minimum Gasteiger partial charge on any atom is -0.463 e. The first-order valence-corrected chi connectivity index (χ1v) is 16.8. The Hall–Kier alpha value is -2.68. The van der Waals surface area contributed by atoms with Crippen molar-refractivity contribution in [1.82, 2.24) is 4.98 Å². The number of aromatic amines is 1. The third-order valence-electron chi connectivity index (χ3n) is 7.60. The fourth-order valence-corrected chi connectivity index (χ4v) is 6.89. The number of allylic oxidation sites excluding steroid dienone is 2. The van der Waals surface area contributed by atoms with E-state index in [1.807, 2.05) is 5.38 Å². The van der Waals surface area contributed by atoms with Crippen molar-refractivity contribution >= 4 is 44.0 Å². The average molecular weight is 639 g/mol. The van der Waals surface area contributed by atoms with Gasteiger partial charge in [-0.1, -0.05) is 59.0 Å². The van der Waals surface area contributed by atoms with Crippen LogP contribution >= 0.6 is 20.7 Å². The van der Waals surface area contributed by atoms with Gasteiger partial charge in [-0.3, -0.25) is 14.4 Å². The molecular weight excluding hydrogens is 596 g/mol. The lowest BCUT2D eigenvalue weighted by molar-refractivity contribution is -0.187. The van der Waals surface area contributed by atoms with Gasteiger partial charge in [-0.05, 0) is 38.7 Å². The highest BCUT2D eigenvalue weighted by Crippen LogP contribution is 2.35. The van der Waals surface area contributed by atoms with E-state index in [-0.39, 0.29) is 42.0 Å². The van der Waals surface area contributed by atoms with Crippen molar-refractivity contribution in [2.45, 2.75) is 90.1 Å². The highest BCUT2D eigenvalue weighted by molar-refractivity contribution is 7.70. The van der Waals surface area contributed by atoms with Crippen LogP contribution in [0.15, 0.2) is 34.0 Å². The fourth-order valence-electron chi connectivity index (χ4n) is 4.73. The number of unbranched alkanes of at least 4 members (excludes halogenated alkanes) is 4. The number of amides is 1. The summed E-state index contributed by atoms with van der Waals surface area (Å²) in [6.45, 7) is 5.12. The van der Waals surface area contributed by atoms with E-state index in [4.69, 9.17) is 9.47 Å². The summed E-state index contributed by atoms with van der Waals surface area (Å²) in [7, 11) is 2.94. The zero-order chi connectivity index (χ0) is 31.5. The van der Waals surface area contributed by atoms with E-state index in [1.54, 1.807) is 19.1 Å². The second-order valence-corrected chi connectivity index (χ2v) is 13.1. The Labute approximate surface area is 258 Å². The average Bonchev–Trinajstić information content (AvgIpc) is 3.53. The van der Waals surface area contributed by atoms with Crippen LogP contribution in [0.4, 0.5) is 5.69 Å². The number of Topliss-reactive ketones (excluding diaryl/α,β-unsaturated/α-hetero) is 1. The van der Waals surface area contributed by atoms with Crippen molar-refractivity contribution in [3.05, 3.63) is 39.5 Å². The molecule has 0 spiro atoms. The molecule has 1 saturated heterocycles. The van der Waals surface area contributed by atoms with Crippen LogP contribution in [0.5, 0.6) is 0 Å². The molecular formula is C30H42N2O9S2. The Bertz CT molecular complexity index is 1300. The maximum atomic E-state index is 12.2. The van der Waals surface area contributed by atoms with E-state index in [2.05, 4.69) is 10.3 Å². The van der Waals surface area contributed by atoms with Gasteiger partial charge in [0.1, 0.15) is 29.8 Å². The molecule has 0 aliphatic carbocycles. The molecule has 0 saturated carbocycles. The number of carbonyl (C=O) groups is 3. The van der Waals surface area contributed by atoms with Gasteiger partial charge in [0.05, 0.1) is 29.9 Å². The van der Waals surface area contributed by atoms with Gasteiger partial charge in [0.25, 0.3) is 5.56 Å². The monoisotopic (exact) mass is 638 g/mol. The Morgan fingerprint density at radius 1 is 1.16 bits per heavy atom. The summed E-state index contributed by atoms with van der Waals surface area (Å²) in [5.41, 5.74) is 1.02. The number of esters is 1. The molecule has 0 unspecified atom stereocenters. The summed E-state index contributed by atoms with van der Waals surface area (Å²) in [6.07, 6.45) is 4.34.